The highest BCUT2D eigenvalue weighted by Crippen LogP contribution is 2.48. The summed E-state index contributed by atoms with van der Waals surface area (Å²) in [6, 6.07) is 42.2. The van der Waals surface area contributed by atoms with E-state index in [1.54, 1.807) is 0 Å². The van der Waals surface area contributed by atoms with Crippen LogP contribution >= 0.6 is 0 Å². The Hall–Kier alpha value is -5.15. The molecule has 5 aromatic carbocycles. The molecular weight excluding hydrogens is 498 g/mol. The summed E-state index contributed by atoms with van der Waals surface area (Å²) in [5, 5.41) is 5.02. The first-order valence-electron chi connectivity index (χ1n) is 14.2. The van der Waals surface area contributed by atoms with Crippen LogP contribution in [0.15, 0.2) is 128 Å². The smallest absolute Gasteiger partial charge is 0.0583 e. The molecule has 3 heteroatoms. The number of fused-ring (bicyclic) bond motifs is 8. The molecule has 0 fully saturated rings. The molecule has 3 nitrogen and oxygen atoms in total. The average molecular weight is 526 g/mol. The van der Waals surface area contributed by atoms with Gasteiger partial charge in [-0.05, 0) is 70.8 Å². The number of rotatable bonds is 2. The Labute approximate surface area is 237 Å². The molecule has 0 amide bonds. The van der Waals surface area contributed by atoms with E-state index in [0.717, 1.165) is 0 Å². The van der Waals surface area contributed by atoms with Crippen LogP contribution < -0.4 is 0 Å². The fourth-order valence-electron chi connectivity index (χ4n) is 7.23. The van der Waals surface area contributed by atoms with Gasteiger partial charge in [-0.15, -0.1) is 0 Å². The summed E-state index contributed by atoms with van der Waals surface area (Å²) in [4.78, 5) is 4.53. The van der Waals surface area contributed by atoms with E-state index in [-0.39, 0.29) is 5.41 Å². The molecule has 0 saturated carbocycles. The van der Waals surface area contributed by atoms with Crippen molar-refractivity contribution in [1.29, 1.82) is 0 Å². The van der Waals surface area contributed by atoms with Crippen LogP contribution in [0.2, 0.25) is 0 Å². The second kappa shape index (κ2) is 7.96. The Morgan fingerprint density at radius 1 is 0.537 bits per heavy atom. The summed E-state index contributed by atoms with van der Waals surface area (Å²) in [5.41, 5.74) is 12.4. The van der Waals surface area contributed by atoms with Gasteiger partial charge in [0.15, 0.2) is 0 Å². The van der Waals surface area contributed by atoms with Gasteiger partial charge in [-0.2, -0.15) is 0 Å². The molecule has 0 bridgehead atoms. The highest BCUT2D eigenvalue weighted by atomic mass is 15.0. The molecule has 1 aliphatic rings. The second-order valence-electron chi connectivity index (χ2n) is 11.7. The van der Waals surface area contributed by atoms with Gasteiger partial charge in [0, 0.05) is 45.0 Å². The third-order valence-electron chi connectivity index (χ3n) is 9.19. The lowest BCUT2D eigenvalue weighted by Crippen LogP contribution is -2.26. The van der Waals surface area contributed by atoms with Crippen molar-refractivity contribution < 1.29 is 0 Å². The molecule has 4 heterocycles. The zero-order valence-electron chi connectivity index (χ0n) is 23.0. The fraction of sp³-hybridized carbons (Fsp3) is 0.0789. The molecular formula is C38H27N3. The quantitative estimate of drug-likeness (QED) is 0.220. The number of nitrogens with zero attached hydrogens (tertiary/aromatic N) is 3. The molecule has 9 rings (SSSR count). The Morgan fingerprint density at radius 2 is 1.20 bits per heavy atom. The molecule has 1 aliphatic heterocycles. The van der Waals surface area contributed by atoms with Crippen molar-refractivity contribution in [3.63, 3.8) is 0 Å². The minimum absolute atomic E-state index is 0.133. The highest BCUT2D eigenvalue weighted by Gasteiger charge is 2.35. The van der Waals surface area contributed by atoms with E-state index in [1.807, 2.05) is 12.4 Å². The monoisotopic (exact) mass is 525 g/mol. The number of para-hydroxylation sites is 3. The van der Waals surface area contributed by atoms with Crippen molar-refractivity contribution in [3.8, 4) is 22.5 Å². The third-order valence-corrected chi connectivity index (χ3v) is 9.19. The summed E-state index contributed by atoms with van der Waals surface area (Å²) < 4.78 is 4.82. The third kappa shape index (κ3) is 2.95. The number of hydrogen-bond donors (Lipinski definition) is 0. The lowest BCUT2D eigenvalue weighted by Gasteiger charge is -2.35. The molecule has 3 aromatic heterocycles. The summed E-state index contributed by atoms with van der Waals surface area (Å²) in [6.45, 7) is 4.71. The first kappa shape index (κ1) is 22.6. The van der Waals surface area contributed by atoms with E-state index in [1.165, 1.54) is 77.2 Å². The Morgan fingerprint density at radius 3 is 1.95 bits per heavy atom. The van der Waals surface area contributed by atoms with Crippen molar-refractivity contribution in [2.75, 3.05) is 0 Å². The van der Waals surface area contributed by atoms with E-state index in [9.17, 15) is 0 Å². The molecule has 0 spiro atoms. The van der Waals surface area contributed by atoms with Crippen LogP contribution in [0.4, 0.5) is 0 Å². The number of aromatic nitrogens is 3. The normalized spacial score (nSPS) is 13.8. The first-order chi connectivity index (χ1) is 20.1. The molecule has 0 atom stereocenters. The van der Waals surface area contributed by atoms with Crippen LogP contribution in [0.1, 0.15) is 25.0 Å². The predicted molar refractivity (Wildman–Crippen MR) is 170 cm³/mol. The van der Waals surface area contributed by atoms with Crippen LogP contribution in [0, 0.1) is 0 Å². The van der Waals surface area contributed by atoms with Crippen molar-refractivity contribution in [2.24, 2.45) is 0 Å². The molecule has 0 saturated heterocycles. The van der Waals surface area contributed by atoms with Crippen LogP contribution in [0.5, 0.6) is 0 Å². The summed E-state index contributed by atoms with van der Waals surface area (Å²) in [5.74, 6) is 0. The van der Waals surface area contributed by atoms with Gasteiger partial charge in [0.2, 0.25) is 0 Å². The van der Waals surface area contributed by atoms with Crippen LogP contribution in [-0.2, 0) is 5.41 Å². The molecule has 0 N–H and O–H groups in total. The second-order valence-corrected chi connectivity index (χ2v) is 11.7. The van der Waals surface area contributed by atoms with E-state index < -0.39 is 0 Å². The summed E-state index contributed by atoms with van der Waals surface area (Å²) in [6.07, 6.45) is 3.93. The van der Waals surface area contributed by atoms with Gasteiger partial charge in [-0.25, -0.2) is 0 Å². The Bertz CT molecular complexity index is 2280. The lowest BCUT2D eigenvalue weighted by atomic mass is 9.74. The molecule has 0 radical (unpaired) electrons. The van der Waals surface area contributed by atoms with Crippen LogP contribution in [-0.4, -0.2) is 14.1 Å². The van der Waals surface area contributed by atoms with Crippen molar-refractivity contribution in [2.45, 2.75) is 19.3 Å². The van der Waals surface area contributed by atoms with Gasteiger partial charge in [0.1, 0.15) is 0 Å². The summed E-state index contributed by atoms with van der Waals surface area (Å²) >= 11 is 0. The van der Waals surface area contributed by atoms with E-state index in [0.29, 0.717) is 0 Å². The van der Waals surface area contributed by atoms with Gasteiger partial charge in [-0.3, -0.25) is 4.98 Å². The van der Waals surface area contributed by atoms with E-state index in [4.69, 9.17) is 0 Å². The average Bonchev–Trinajstić information content (AvgIpc) is 3.53. The largest absolute Gasteiger partial charge is 0.309 e. The maximum Gasteiger partial charge on any atom is 0.0583 e. The first-order valence-corrected chi connectivity index (χ1v) is 14.2. The van der Waals surface area contributed by atoms with E-state index >= 15 is 0 Å². The van der Waals surface area contributed by atoms with E-state index in [2.05, 4.69) is 143 Å². The van der Waals surface area contributed by atoms with Crippen LogP contribution in [0.3, 0.4) is 0 Å². The maximum absolute atomic E-state index is 4.53. The minimum Gasteiger partial charge on any atom is -0.309 e. The van der Waals surface area contributed by atoms with Gasteiger partial charge in [-0.1, -0.05) is 80.6 Å². The predicted octanol–water partition coefficient (Wildman–Crippen LogP) is 9.58. The number of benzene rings is 5. The topological polar surface area (TPSA) is 22.8 Å². The minimum atomic E-state index is -0.133. The Balaban J connectivity index is 1.27. The molecule has 194 valence electrons. The van der Waals surface area contributed by atoms with Crippen molar-refractivity contribution >= 4 is 43.6 Å². The van der Waals surface area contributed by atoms with Gasteiger partial charge >= 0.3 is 0 Å². The van der Waals surface area contributed by atoms with Crippen molar-refractivity contribution in [1.82, 2.24) is 14.1 Å². The van der Waals surface area contributed by atoms with Gasteiger partial charge in [0.25, 0.3) is 0 Å². The van der Waals surface area contributed by atoms with Crippen LogP contribution in [0.25, 0.3) is 66.1 Å². The summed E-state index contributed by atoms with van der Waals surface area (Å²) in [7, 11) is 0. The van der Waals surface area contributed by atoms with Crippen molar-refractivity contribution in [3.05, 3.63) is 139 Å². The molecule has 0 unspecified atom stereocenters. The Kier molecular flexibility index (Phi) is 4.39. The highest BCUT2D eigenvalue weighted by molar-refractivity contribution is 6.13. The van der Waals surface area contributed by atoms with Gasteiger partial charge in [0.05, 0.1) is 27.8 Å². The fourth-order valence-corrected chi connectivity index (χ4v) is 7.23. The molecule has 8 aromatic rings. The SMILES string of the molecule is CC1(C)c2ccccc2-n2c3ccncc3c3cc(-c4ccc(-n5c6ccccc6c6ccccc65)cc4)cc1c32. The zero-order chi connectivity index (χ0) is 27.3. The van der Waals surface area contributed by atoms with Gasteiger partial charge < -0.3 is 9.13 Å². The zero-order valence-corrected chi connectivity index (χ0v) is 23.0. The number of pyridine rings is 1. The molecule has 0 aliphatic carbocycles. The number of hydrogen-bond acceptors (Lipinski definition) is 1. The maximum atomic E-state index is 4.53. The standard InChI is InChI=1S/C38H27N3/c1-38(2)31-11-5-8-14-36(31)41-35-19-20-39-23-30(35)29-21-25(22-32(38)37(29)41)24-15-17-26(18-16-24)40-33-12-6-3-9-27(33)28-10-4-7-13-34(28)40/h3-23H,1-2H3. The molecule has 41 heavy (non-hydrogen) atoms. The lowest BCUT2D eigenvalue weighted by molar-refractivity contribution is 0.630.